The van der Waals surface area contributed by atoms with Crippen molar-refractivity contribution in [3.8, 4) is 0 Å². The van der Waals surface area contributed by atoms with Gasteiger partial charge in [-0.2, -0.15) is 27.1 Å². The van der Waals surface area contributed by atoms with Crippen molar-refractivity contribution in [2.24, 2.45) is 0 Å². The number of carbonyl (C=O) groups excluding carboxylic acids is 1. The third-order valence-corrected chi connectivity index (χ3v) is 2.37. The highest BCUT2D eigenvalue weighted by Crippen LogP contribution is 2.39. The van der Waals surface area contributed by atoms with Crippen LogP contribution in [0.4, 0.5) is 22.0 Å². The lowest BCUT2D eigenvalue weighted by molar-refractivity contribution is -0.256. The smallest absolute Gasteiger partial charge is 0.285 e. The SMILES string of the molecule is CC(C)n1ncc(Cl)c1C(=O)C(F)(F)C(F)(F)F. The highest BCUT2D eigenvalue weighted by atomic mass is 35.5. The van der Waals surface area contributed by atoms with Crippen molar-refractivity contribution in [2.45, 2.75) is 32.0 Å². The van der Waals surface area contributed by atoms with Crippen LogP contribution < -0.4 is 0 Å². The second-order valence-electron chi connectivity index (χ2n) is 3.78. The second-order valence-corrected chi connectivity index (χ2v) is 4.19. The molecule has 0 saturated heterocycles. The first-order valence-corrected chi connectivity index (χ1v) is 5.10. The van der Waals surface area contributed by atoms with Gasteiger partial charge in [-0.3, -0.25) is 9.48 Å². The maximum absolute atomic E-state index is 12.9. The van der Waals surface area contributed by atoms with E-state index in [0.717, 1.165) is 10.9 Å². The van der Waals surface area contributed by atoms with Crippen molar-refractivity contribution in [1.29, 1.82) is 0 Å². The summed E-state index contributed by atoms with van der Waals surface area (Å²) in [7, 11) is 0. The first-order valence-electron chi connectivity index (χ1n) is 4.72. The van der Waals surface area contributed by atoms with E-state index in [0.29, 0.717) is 0 Å². The Hall–Kier alpha value is -1.18. The minimum absolute atomic E-state index is 0.544. The Bertz CT molecular complexity index is 466. The Morgan fingerprint density at radius 2 is 1.83 bits per heavy atom. The molecule has 0 N–H and O–H groups in total. The molecule has 1 heterocycles. The molecule has 9 heteroatoms. The Kier molecular flexibility index (Phi) is 3.71. The van der Waals surface area contributed by atoms with Crippen molar-refractivity contribution in [2.75, 3.05) is 0 Å². The van der Waals surface area contributed by atoms with Crippen LogP contribution in [0.5, 0.6) is 0 Å². The van der Waals surface area contributed by atoms with E-state index in [1.54, 1.807) is 0 Å². The highest BCUT2D eigenvalue weighted by molar-refractivity contribution is 6.34. The van der Waals surface area contributed by atoms with Gasteiger partial charge in [0, 0.05) is 6.04 Å². The summed E-state index contributed by atoms with van der Waals surface area (Å²) in [4.78, 5) is 11.3. The van der Waals surface area contributed by atoms with Crippen LogP contribution in [-0.4, -0.2) is 27.7 Å². The topological polar surface area (TPSA) is 34.9 Å². The maximum Gasteiger partial charge on any atom is 0.461 e. The molecule has 0 radical (unpaired) electrons. The molecule has 0 bridgehead atoms. The molecule has 102 valence electrons. The molecule has 18 heavy (non-hydrogen) atoms. The van der Waals surface area contributed by atoms with Crippen molar-refractivity contribution in [1.82, 2.24) is 9.78 Å². The van der Waals surface area contributed by atoms with Crippen LogP contribution >= 0.6 is 11.6 Å². The van der Waals surface area contributed by atoms with E-state index in [4.69, 9.17) is 11.6 Å². The predicted molar refractivity (Wildman–Crippen MR) is 53.0 cm³/mol. The molecule has 1 aromatic rings. The number of hydrogen-bond acceptors (Lipinski definition) is 2. The summed E-state index contributed by atoms with van der Waals surface area (Å²) >= 11 is 5.44. The molecule has 0 saturated carbocycles. The van der Waals surface area contributed by atoms with Gasteiger partial charge in [-0.15, -0.1) is 0 Å². The number of halogens is 6. The molecule has 0 unspecified atom stereocenters. The number of carbonyl (C=O) groups is 1. The zero-order valence-electron chi connectivity index (χ0n) is 9.23. The fraction of sp³-hybridized carbons (Fsp3) is 0.556. The monoisotopic (exact) mass is 290 g/mol. The van der Waals surface area contributed by atoms with E-state index in [9.17, 15) is 26.7 Å². The van der Waals surface area contributed by atoms with Gasteiger partial charge >= 0.3 is 12.1 Å². The Morgan fingerprint density at radius 1 is 1.33 bits per heavy atom. The second kappa shape index (κ2) is 4.49. The minimum Gasteiger partial charge on any atom is -0.285 e. The lowest BCUT2D eigenvalue weighted by Gasteiger charge is -2.19. The van der Waals surface area contributed by atoms with Crippen molar-refractivity contribution >= 4 is 17.4 Å². The highest BCUT2D eigenvalue weighted by Gasteiger charge is 2.64. The van der Waals surface area contributed by atoms with E-state index in [1.165, 1.54) is 13.8 Å². The first-order chi connectivity index (χ1) is 8.00. The summed E-state index contributed by atoms with van der Waals surface area (Å²) in [5.74, 6) is -7.91. The summed E-state index contributed by atoms with van der Waals surface area (Å²) in [5, 5.41) is 2.95. The number of ketones is 1. The predicted octanol–water partition coefficient (Wildman–Crippen LogP) is 3.50. The average molecular weight is 291 g/mol. The van der Waals surface area contributed by atoms with Gasteiger partial charge in [-0.1, -0.05) is 11.6 Å². The largest absolute Gasteiger partial charge is 0.461 e. The molecule has 0 spiro atoms. The summed E-state index contributed by atoms with van der Waals surface area (Å²) in [6.07, 6.45) is -5.12. The van der Waals surface area contributed by atoms with E-state index in [1.807, 2.05) is 0 Å². The fourth-order valence-electron chi connectivity index (χ4n) is 1.22. The zero-order chi connectivity index (χ0) is 14.3. The van der Waals surface area contributed by atoms with Gasteiger partial charge in [-0.05, 0) is 13.8 Å². The first kappa shape index (κ1) is 14.9. The number of alkyl halides is 5. The summed E-state index contributed by atoms with van der Waals surface area (Å²) < 4.78 is 62.9. The van der Waals surface area contributed by atoms with E-state index in [-0.39, 0.29) is 0 Å². The number of nitrogens with zero attached hydrogens (tertiary/aromatic N) is 2. The van der Waals surface area contributed by atoms with Gasteiger partial charge in [0.05, 0.1) is 11.2 Å². The maximum atomic E-state index is 12.9. The van der Waals surface area contributed by atoms with Crippen LogP contribution in [0.15, 0.2) is 6.20 Å². The molecule has 0 aliphatic rings. The molecule has 0 aliphatic heterocycles. The van der Waals surface area contributed by atoms with Gasteiger partial charge < -0.3 is 0 Å². The molecule has 0 fully saturated rings. The molecule has 0 aliphatic carbocycles. The summed E-state index contributed by atoms with van der Waals surface area (Å²) in [6.45, 7) is 2.93. The van der Waals surface area contributed by atoms with Crippen LogP contribution in [0.3, 0.4) is 0 Å². The summed E-state index contributed by atoms with van der Waals surface area (Å²) in [5.41, 5.74) is -0.950. The molecule has 3 nitrogen and oxygen atoms in total. The lowest BCUT2D eigenvalue weighted by atomic mass is 10.1. The molecule has 1 aromatic heterocycles. The van der Waals surface area contributed by atoms with Gasteiger partial charge in [0.15, 0.2) is 0 Å². The number of hydrogen-bond donors (Lipinski definition) is 0. The quantitative estimate of drug-likeness (QED) is 0.631. The van der Waals surface area contributed by atoms with Crippen LogP contribution in [0.25, 0.3) is 0 Å². The fourth-order valence-corrected chi connectivity index (χ4v) is 1.44. The number of aromatic nitrogens is 2. The van der Waals surface area contributed by atoms with Crippen LogP contribution in [-0.2, 0) is 0 Å². The molecule has 0 atom stereocenters. The zero-order valence-corrected chi connectivity index (χ0v) is 9.98. The molecular formula is C9H8ClF5N2O. The third kappa shape index (κ3) is 2.33. The summed E-state index contributed by atoms with van der Waals surface area (Å²) in [6, 6.07) is -0.583. The molecule has 0 aromatic carbocycles. The van der Waals surface area contributed by atoms with Crippen LogP contribution in [0.2, 0.25) is 5.02 Å². The van der Waals surface area contributed by atoms with Gasteiger partial charge in [0.2, 0.25) is 0 Å². The van der Waals surface area contributed by atoms with E-state index in [2.05, 4.69) is 5.10 Å². The van der Waals surface area contributed by atoms with Gasteiger partial charge in [0.25, 0.3) is 5.78 Å². The van der Waals surface area contributed by atoms with Crippen LogP contribution in [0.1, 0.15) is 30.4 Å². The van der Waals surface area contributed by atoms with Crippen molar-refractivity contribution < 1.29 is 26.7 Å². The molecular weight excluding hydrogens is 283 g/mol. The van der Waals surface area contributed by atoms with E-state index < -0.39 is 34.6 Å². The normalized spacial score (nSPS) is 13.2. The van der Waals surface area contributed by atoms with Crippen molar-refractivity contribution in [3.63, 3.8) is 0 Å². The molecule has 1 rings (SSSR count). The van der Waals surface area contributed by atoms with Crippen LogP contribution in [0, 0.1) is 0 Å². The number of rotatable bonds is 3. The van der Waals surface area contributed by atoms with Gasteiger partial charge in [0.1, 0.15) is 5.69 Å². The van der Waals surface area contributed by atoms with Crippen molar-refractivity contribution in [3.05, 3.63) is 16.9 Å². The average Bonchev–Trinajstić information content (AvgIpc) is 2.57. The Balaban J connectivity index is 3.32. The van der Waals surface area contributed by atoms with E-state index >= 15 is 0 Å². The van der Waals surface area contributed by atoms with Gasteiger partial charge in [-0.25, -0.2) is 0 Å². The standard InChI is InChI=1S/C9H8ClF5N2O/c1-4(2)17-6(5(10)3-16-17)7(18)8(11,12)9(13,14)15/h3-4H,1-2H3. The number of Topliss-reactive ketones (excluding diaryl/α,β-unsaturated/α-hetero) is 1. The molecule has 0 amide bonds. The Morgan fingerprint density at radius 3 is 2.22 bits per heavy atom. The Labute approximate surface area is 104 Å². The third-order valence-electron chi connectivity index (χ3n) is 2.10. The minimum atomic E-state index is -5.97. The lowest BCUT2D eigenvalue weighted by Crippen LogP contribution is -2.45.